The molecule has 33 heavy (non-hydrogen) atoms. The van der Waals surface area contributed by atoms with Gasteiger partial charge in [0.15, 0.2) is 0 Å². The highest BCUT2D eigenvalue weighted by Crippen LogP contribution is 2.32. The predicted octanol–water partition coefficient (Wildman–Crippen LogP) is 2.69. The Kier molecular flexibility index (Phi) is 7.73. The fourth-order valence-corrected chi connectivity index (χ4v) is 6.33. The number of nitrogens with one attached hydrogen (secondary N) is 1. The molecule has 0 atom stereocenters. The smallest absolute Gasteiger partial charge is 0.331 e. The lowest BCUT2D eigenvalue weighted by molar-refractivity contribution is -0.385. The van der Waals surface area contributed by atoms with Gasteiger partial charge in [0.25, 0.3) is 5.69 Å². The Bertz CT molecular complexity index is 1010. The number of nitro groups is 1. The van der Waals surface area contributed by atoms with Crippen molar-refractivity contribution in [3.63, 3.8) is 0 Å². The van der Waals surface area contributed by atoms with E-state index in [9.17, 15) is 28.1 Å². The SMILES string of the molecule is CCOC(=O)C1(NC(=O)C2CCN(S(=O)(=O)c3cc([N+](=O)[O-])ccc3C)CC2)CCCCC1. The summed E-state index contributed by atoms with van der Waals surface area (Å²) in [6.07, 6.45) is 4.35. The Balaban J connectivity index is 1.69. The second-order valence-electron chi connectivity index (χ2n) is 8.74. The van der Waals surface area contributed by atoms with Crippen molar-refractivity contribution in [2.45, 2.75) is 69.2 Å². The van der Waals surface area contributed by atoms with Crippen molar-refractivity contribution < 1.29 is 27.7 Å². The van der Waals surface area contributed by atoms with E-state index in [4.69, 9.17) is 4.74 Å². The van der Waals surface area contributed by atoms with Crippen molar-refractivity contribution >= 4 is 27.6 Å². The summed E-state index contributed by atoms with van der Waals surface area (Å²) in [4.78, 5) is 36.0. The zero-order valence-electron chi connectivity index (χ0n) is 19.0. The van der Waals surface area contributed by atoms with E-state index in [0.717, 1.165) is 25.3 Å². The predicted molar refractivity (Wildman–Crippen MR) is 120 cm³/mol. The van der Waals surface area contributed by atoms with Crippen LogP contribution in [0.4, 0.5) is 5.69 Å². The van der Waals surface area contributed by atoms with Crippen LogP contribution in [0.1, 0.15) is 57.4 Å². The van der Waals surface area contributed by atoms with Crippen LogP contribution >= 0.6 is 0 Å². The van der Waals surface area contributed by atoms with Gasteiger partial charge in [-0.1, -0.05) is 25.3 Å². The molecule has 182 valence electrons. The van der Waals surface area contributed by atoms with Crippen molar-refractivity contribution in [1.82, 2.24) is 9.62 Å². The molecule has 1 aliphatic heterocycles. The van der Waals surface area contributed by atoms with E-state index >= 15 is 0 Å². The summed E-state index contributed by atoms with van der Waals surface area (Å²) >= 11 is 0. The van der Waals surface area contributed by atoms with Crippen molar-refractivity contribution in [3.8, 4) is 0 Å². The molecule has 1 aliphatic carbocycles. The lowest BCUT2D eigenvalue weighted by Crippen LogP contribution is -2.58. The van der Waals surface area contributed by atoms with Crippen LogP contribution in [-0.2, 0) is 24.3 Å². The van der Waals surface area contributed by atoms with E-state index in [-0.39, 0.29) is 36.2 Å². The van der Waals surface area contributed by atoms with Crippen molar-refractivity contribution in [2.24, 2.45) is 5.92 Å². The number of piperidine rings is 1. The molecule has 1 N–H and O–H groups in total. The molecule has 2 aliphatic rings. The standard InChI is InChI=1S/C22H31N3O7S/c1-3-32-21(27)22(11-5-4-6-12-22)23-20(26)17-9-13-24(14-10-17)33(30,31)19-15-18(25(28)29)8-7-16(19)2/h7-8,15,17H,3-6,9-14H2,1-2H3,(H,23,26). The molecule has 11 heteroatoms. The van der Waals surface area contributed by atoms with E-state index in [1.54, 1.807) is 13.8 Å². The Labute approximate surface area is 193 Å². The van der Waals surface area contributed by atoms with Crippen LogP contribution < -0.4 is 5.32 Å². The quantitative estimate of drug-likeness (QED) is 0.359. The third-order valence-corrected chi connectivity index (χ3v) is 8.60. The van der Waals surface area contributed by atoms with Crippen molar-refractivity contribution in [1.29, 1.82) is 0 Å². The highest BCUT2D eigenvalue weighted by atomic mass is 32.2. The molecular weight excluding hydrogens is 450 g/mol. The Hall–Kier alpha value is -2.53. The van der Waals surface area contributed by atoms with Crippen LogP contribution in [0.3, 0.4) is 0 Å². The number of nitro benzene ring substituents is 1. The van der Waals surface area contributed by atoms with Gasteiger partial charge in [0, 0.05) is 31.1 Å². The average Bonchev–Trinajstić information content (AvgIpc) is 2.80. The normalized spacial score (nSPS) is 19.6. The van der Waals surface area contributed by atoms with Gasteiger partial charge in [0.1, 0.15) is 5.54 Å². The van der Waals surface area contributed by atoms with E-state index in [1.807, 2.05) is 0 Å². The second kappa shape index (κ2) is 10.2. The van der Waals surface area contributed by atoms with Gasteiger partial charge in [-0.15, -0.1) is 0 Å². The molecule has 10 nitrogen and oxygen atoms in total. The monoisotopic (exact) mass is 481 g/mol. The molecule has 2 fully saturated rings. The van der Waals surface area contributed by atoms with Crippen LogP contribution in [0.5, 0.6) is 0 Å². The molecule has 0 radical (unpaired) electrons. The number of carbonyl (C=O) groups excluding carboxylic acids is 2. The molecule has 1 aromatic rings. The summed E-state index contributed by atoms with van der Waals surface area (Å²) in [6.45, 7) is 3.80. The number of nitrogens with zero attached hydrogens (tertiary/aromatic N) is 2. The highest BCUT2D eigenvalue weighted by Gasteiger charge is 2.44. The lowest BCUT2D eigenvalue weighted by atomic mass is 9.81. The second-order valence-corrected chi connectivity index (χ2v) is 10.6. The first-order valence-electron chi connectivity index (χ1n) is 11.3. The largest absolute Gasteiger partial charge is 0.464 e. The molecule has 0 spiro atoms. The average molecular weight is 482 g/mol. The van der Waals surface area contributed by atoms with E-state index in [1.165, 1.54) is 16.4 Å². The number of esters is 1. The number of aryl methyl sites for hydroxylation is 1. The van der Waals surface area contributed by atoms with Gasteiger partial charge in [-0.05, 0) is 45.1 Å². The number of benzene rings is 1. The van der Waals surface area contributed by atoms with Crippen LogP contribution in [0.25, 0.3) is 0 Å². The zero-order chi connectivity index (χ0) is 24.2. The summed E-state index contributed by atoms with van der Waals surface area (Å²) in [7, 11) is -3.93. The van der Waals surface area contributed by atoms with Crippen LogP contribution in [0.15, 0.2) is 23.1 Å². The molecule has 1 heterocycles. The number of hydrogen-bond donors (Lipinski definition) is 1. The molecule has 1 aromatic carbocycles. The number of sulfonamides is 1. The van der Waals surface area contributed by atoms with Gasteiger partial charge in [0.05, 0.1) is 16.4 Å². The maximum absolute atomic E-state index is 13.1. The Morgan fingerprint density at radius 2 is 1.85 bits per heavy atom. The fraction of sp³-hybridized carbons (Fsp3) is 0.636. The van der Waals surface area contributed by atoms with Gasteiger partial charge in [-0.2, -0.15) is 4.31 Å². The van der Waals surface area contributed by atoms with Crippen molar-refractivity contribution in [2.75, 3.05) is 19.7 Å². The van der Waals surface area contributed by atoms with Crippen LogP contribution in [-0.4, -0.2) is 54.8 Å². The van der Waals surface area contributed by atoms with Gasteiger partial charge < -0.3 is 10.1 Å². The maximum Gasteiger partial charge on any atom is 0.331 e. The molecular formula is C22H31N3O7S. The molecule has 3 rings (SSSR count). The molecule has 0 unspecified atom stereocenters. The van der Waals surface area contributed by atoms with E-state index < -0.39 is 32.4 Å². The lowest BCUT2D eigenvalue weighted by Gasteiger charge is -2.38. The summed E-state index contributed by atoms with van der Waals surface area (Å²) in [6, 6.07) is 3.77. The minimum atomic E-state index is -3.93. The first-order chi connectivity index (χ1) is 15.6. The first-order valence-corrected chi connectivity index (χ1v) is 12.8. The van der Waals surface area contributed by atoms with Gasteiger partial charge >= 0.3 is 5.97 Å². The van der Waals surface area contributed by atoms with Crippen LogP contribution in [0, 0.1) is 23.0 Å². The topological polar surface area (TPSA) is 136 Å². The molecule has 1 saturated heterocycles. The van der Waals surface area contributed by atoms with Gasteiger partial charge in [-0.3, -0.25) is 14.9 Å². The number of hydrogen-bond acceptors (Lipinski definition) is 7. The fourth-order valence-electron chi connectivity index (χ4n) is 4.62. The van der Waals surface area contributed by atoms with Crippen molar-refractivity contribution in [3.05, 3.63) is 33.9 Å². The summed E-state index contributed by atoms with van der Waals surface area (Å²) in [5, 5.41) is 14.0. The Morgan fingerprint density at radius 1 is 1.21 bits per heavy atom. The summed E-state index contributed by atoms with van der Waals surface area (Å²) in [5.41, 5.74) is -0.867. The number of carbonyl (C=O) groups is 2. The number of amides is 1. The molecule has 1 amide bonds. The van der Waals surface area contributed by atoms with Crippen LogP contribution in [0.2, 0.25) is 0 Å². The Morgan fingerprint density at radius 3 is 2.42 bits per heavy atom. The summed E-state index contributed by atoms with van der Waals surface area (Å²) in [5.74, 6) is -1.08. The minimum absolute atomic E-state index is 0.0944. The highest BCUT2D eigenvalue weighted by molar-refractivity contribution is 7.89. The summed E-state index contributed by atoms with van der Waals surface area (Å²) < 4.78 is 32.8. The number of non-ortho nitro benzene ring substituents is 1. The molecule has 0 bridgehead atoms. The first kappa shape index (κ1) is 25.1. The van der Waals surface area contributed by atoms with E-state index in [2.05, 4.69) is 5.32 Å². The third-order valence-electron chi connectivity index (χ3n) is 6.56. The number of ether oxygens (including phenoxy) is 1. The maximum atomic E-state index is 13.1. The zero-order valence-corrected chi connectivity index (χ0v) is 19.9. The number of rotatable bonds is 7. The van der Waals surface area contributed by atoms with Gasteiger partial charge in [0.2, 0.25) is 15.9 Å². The minimum Gasteiger partial charge on any atom is -0.464 e. The van der Waals surface area contributed by atoms with Gasteiger partial charge in [-0.25, -0.2) is 13.2 Å². The molecule has 1 saturated carbocycles. The third kappa shape index (κ3) is 5.35. The van der Waals surface area contributed by atoms with E-state index in [0.29, 0.717) is 31.2 Å². The molecule has 0 aromatic heterocycles.